The van der Waals surface area contributed by atoms with Crippen LogP contribution in [0.1, 0.15) is 11.1 Å². The van der Waals surface area contributed by atoms with Gasteiger partial charge in [-0.05, 0) is 55.3 Å². The summed E-state index contributed by atoms with van der Waals surface area (Å²) in [5.74, 6) is 0.385. The molecule has 5 nitrogen and oxygen atoms in total. The predicted octanol–water partition coefficient (Wildman–Crippen LogP) is 4.62. The molecule has 1 aromatic heterocycles. The Morgan fingerprint density at radius 3 is 2.68 bits per heavy atom. The molecule has 0 aliphatic carbocycles. The number of anilines is 1. The number of hydrogen-bond donors (Lipinski definition) is 1. The molecule has 3 rings (SSSR count). The van der Waals surface area contributed by atoms with Gasteiger partial charge in [0.15, 0.2) is 11.0 Å². The highest BCUT2D eigenvalue weighted by atomic mass is 32.2. The molecule has 1 amide bonds. The number of benzene rings is 2. The summed E-state index contributed by atoms with van der Waals surface area (Å²) < 4.78 is 15.0. The van der Waals surface area contributed by atoms with Crippen molar-refractivity contribution in [3.8, 4) is 11.4 Å². The Morgan fingerprint density at radius 2 is 1.96 bits per heavy atom. The zero-order chi connectivity index (χ0) is 20.1. The van der Waals surface area contributed by atoms with E-state index in [-0.39, 0.29) is 17.5 Å². The number of aryl methyl sites for hydroxylation is 1. The van der Waals surface area contributed by atoms with E-state index >= 15 is 0 Å². The van der Waals surface area contributed by atoms with Crippen LogP contribution in [0, 0.1) is 19.7 Å². The van der Waals surface area contributed by atoms with Crippen molar-refractivity contribution >= 4 is 23.4 Å². The van der Waals surface area contributed by atoms with Gasteiger partial charge in [0.05, 0.1) is 5.75 Å². The van der Waals surface area contributed by atoms with Crippen LogP contribution in [0.25, 0.3) is 11.4 Å². The van der Waals surface area contributed by atoms with Crippen molar-refractivity contribution in [1.82, 2.24) is 14.8 Å². The van der Waals surface area contributed by atoms with Crippen LogP contribution in [0.15, 0.2) is 60.3 Å². The Kier molecular flexibility index (Phi) is 6.26. The molecule has 3 aromatic rings. The summed E-state index contributed by atoms with van der Waals surface area (Å²) in [4.78, 5) is 12.4. The zero-order valence-electron chi connectivity index (χ0n) is 15.8. The number of nitrogens with zero attached hydrogens (tertiary/aromatic N) is 3. The van der Waals surface area contributed by atoms with Crippen molar-refractivity contribution in [3.05, 3.63) is 72.1 Å². The molecular weight excluding hydrogens is 375 g/mol. The Morgan fingerprint density at radius 1 is 1.21 bits per heavy atom. The molecule has 0 saturated carbocycles. The van der Waals surface area contributed by atoms with Gasteiger partial charge < -0.3 is 5.32 Å². The second kappa shape index (κ2) is 8.84. The molecular formula is C21H21FN4OS. The quantitative estimate of drug-likeness (QED) is 0.468. The summed E-state index contributed by atoms with van der Waals surface area (Å²) in [6, 6.07) is 11.9. The summed E-state index contributed by atoms with van der Waals surface area (Å²) in [7, 11) is 0. The van der Waals surface area contributed by atoms with E-state index in [1.807, 2.05) is 36.6 Å². The lowest BCUT2D eigenvalue weighted by Crippen LogP contribution is -2.15. The number of carbonyl (C=O) groups is 1. The lowest BCUT2D eigenvalue weighted by Gasteiger charge is -2.10. The van der Waals surface area contributed by atoms with Crippen LogP contribution in [0.5, 0.6) is 0 Å². The van der Waals surface area contributed by atoms with Crippen LogP contribution >= 0.6 is 11.8 Å². The fourth-order valence-electron chi connectivity index (χ4n) is 2.70. The molecule has 0 saturated heterocycles. The Labute approximate surface area is 167 Å². The third kappa shape index (κ3) is 4.48. The second-order valence-electron chi connectivity index (χ2n) is 6.30. The van der Waals surface area contributed by atoms with Crippen molar-refractivity contribution in [2.45, 2.75) is 25.5 Å². The van der Waals surface area contributed by atoms with E-state index in [0.717, 1.165) is 22.4 Å². The number of amides is 1. The molecule has 2 aromatic carbocycles. The van der Waals surface area contributed by atoms with E-state index in [1.54, 1.807) is 18.2 Å². The van der Waals surface area contributed by atoms with Crippen molar-refractivity contribution in [1.29, 1.82) is 0 Å². The van der Waals surface area contributed by atoms with Crippen molar-refractivity contribution in [3.63, 3.8) is 0 Å². The molecule has 0 aliphatic heterocycles. The number of nitrogens with one attached hydrogen (secondary N) is 1. The maximum Gasteiger partial charge on any atom is 0.234 e. The number of rotatable bonds is 7. The molecule has 0 aliphatic rings. The fourth-order valence-corrected chi connectivity index (χ4v) is 3.45. The van der Waals surface area contributed by atoms with E-state index in [9.17, 15) is 9.18 Å². The number of thioether (sulfide) groups is 1. The summed E-state index contributed by atoms with van der Waals surface area (Å²) in [5.41, 5.74) is 3.74. The average molecular weight is 396 g/mol. The van der Waals surface area contributed by atoms with E-state index in [0.29, 0.717) is 17.5 Å². The molecule has 0 atom stereocenters. The Hall–Kier alpha value is -2.93. The minimum absolute atomic E-state index is 0.116. The number of carbonyl (C=O) groups excluding carboxylic acids is 1. The minimum Gasteiger partial charge on any atom is -0.325 e. The lowest BCUT2D eigenvalue weighted by atomic mass is 10.1. The van der Waals surface area contributed by atoms with Gasteiger partial charge in [0, 0.05) is 17.8 Å². The highest BCUT2D eigenvalue weighted by Crippen LogP contribution is 2.25. The molecule has 1 heterocycles. The van der Waals surface area contributed by atoms with Crippen molar-refractivity contribution < 1.29 is 9.18 Å². The second-order valence-corrected chi connectivity index (χ2v) is 7.24. The van der Waals surface area contributed by atoms with Crippen LogP contribution in [0.2, 0.25) is 0 Å². The number of hydrogen-bond acceptors (Lipinski definition) is 4. The van der Waals surface area contributed by atoms with Crippen molar-refractivity contribution in [2.24, 2.45) is 0 Å². The minimum atomic E-state index is -0.309. The van der Waals surface area contributed by atoms with Gasteiger partial charge >= 0.3 is 0 Å². The first-order chi connectivity index (χ1) is 13.5. The average Bonchev–Trinajstić information content (AvgIpc) is 3.07. The molecule has 1 N–H and O–H groups in total. The Bertz CT molecular complexity index is 998. The number of aromatic nitrogens is 3. The predicted molar refractivity (Wildman–Crippen MR) is 111 cm³/mol. The van der Waals surface area contributed by atoms with Gasteiger partial charge in [0.2, 0.25) is 5.91 Å². The van der Waals surface area contributed by atoms with Crippen LogP contribution < -0.4 is 5.32 Å². The molecule has 0 unspecified atom stereocenters. The van der Waals surface area contributed by atoms with E-state index in [4.69, 9.17) is 0 Å². The molecule has 0 radical (unpaired) electrons. The van der Waals surface area contributed by atoms with Gasteiger partial charge in [-0.15, -0.1) is 16.8 Å². The van der Waals surface area contributed by atoms with Gasteiger partial charge in [-0.25, -0.2) is 4.39 Å². The number of allylic oxidation sites excluding steroid dienone is 1. The first-order valence-corrected chi connectivity index (χ1v) is 9.77. The van der Waals surface area contributed by atoms with Gasteiger partial charge in [-0.3, -0.25) is 9.36 Å². The van der Waals surface area contributed by atoms with Gasteiger partial charge in [-0.2, -0.15) is 0 Å². The van der Waals surface area contributed by atoms with Crippen LogP contribution in [0.4, 0.5) is 10.1 Å². The van der Waals surface area contributed by atoms with Crippen LogP contribution in [-0.4, -0.2) is 26.4 Å². The highest BCUT2D eigenvalue weighted by molar-refractivity contribution is 7.99. The van der Waals surface area contributed by atoms with E-state index < -0.39 is 0 Å². The van der Waals surface area contributed by atoms with Crippen LogP contribution in [-0.2, 0) is 11.3 Å². The van der Waals surface area contributed by atoms with Crippen LogP contribution in [0.3, 0.4) is 0 Å². The highest BCUT2D eigenvalue weighted by Gasteiger charge is 2.15. The summed E-state index contributed by atoms with van der Waals surface area (Å²) >= 11 is 1.30. The third-order valence-electron chi connectivity index (χ3n) is 4.34. The zero-order valence-corrected chi connectivity index (χ0v) is 16.6. The molecule has 28 heavy (non-hydrogen) atoms. The normalized spacial score (nSPS) is 10.7. The summed E-state index contributed by atoms with van der Waals surface area (Å²) in [5, 5.41) is 12.0. The smallest absolute Gasteiger partial charge is 0.234 e. The van der Waals surface area contributed by atoms with E-state index in [1.165, 1.54) is 23.9 Å². The summed E-state index contributed by atoms with van der Waals surface area (Å²) in [6.07, 6.45) is 1.73. The van der Waals surface area contributed by atoms with E-state index in [2.05, 4.69) is 22.1 Å². The topological polar surface area (TPSA) is 59.8 Å². The largest absolute Gasteiger partial charge is 0.325 e. The summed E-state index contributed by atoms with van der Waals surface area (Å²) in [6.45, 7) is 8.24. The number of halogens is 1. The molecule has 0 spiro atoms. The monoisotopic (exact) mass is 396 g/mol. The SMILES string of the molecule is C=CCn1c(SCC(=O)Nc2cccc(C)c2C)nnc1-c1ccc(F)cc1. The maximum absolute atomic E-state index is 13.2. The van der Waals surface area contributed by atoms with Gasteiger partial charge in [0.1, 0.15) is 5.82 Å². The van der Waals surface area contributed by atoms with Gasteiger partial charge in [-0.1, -0.05) is 30.0 Å². The maximum atomic E-state index is 13.2. The van der Waals surface area contributed by atoms with Crippen molar-refractivity contribution in [2.75, 3.05) is 11.1 Å². The standard InChI is InChI=1S/C21H21FN4OS/c1-4-12-26-20(16-8-10-17(22)11-9-16)24-25-21(26)28-13-19(27)23-18-7-5-6-14(2)15(18)3/h4-11H,1,12-13H2,2-3H3,(H,23,27). The molecule has 0 bridgehead atoms. The first kappa shape index (κ1) is 19.8. The molecule has 7 heteroatoms. The molecule has 144 valence electrons. The Balaban J connectivity index is 1.73. The lowest BCUT2D eigenvalue weighted by molar-refractivity contribution is -0.113. The molecule has 0 fully saturated rings. The first-order valence-electron chi connectivity index (χ1n) is 8.78. The third-order valence-corrected chi connectivity index (χ3v) is 5.31. The van der Waals surface area contributed by atoms with Gasteiger partial charge in [0.25, 0.3) is 0 Å². The fraction of sp³-hybridized carbons (Fsp3) is 0.190.